The first-order valence-corrected chi connectivity index (χ1v) is 9.15. The lowest BCUT2D eigenvalue weighted by Crippen LogP contribution is -2.20. The molecule has 0 saturated carbocycles. The number of allylic oxidation sites excluding steroid dienone is 6. The van der Waals surface area contributed by atoms with Crippen LogP contribution in [0, 0.1) is 5.92 Å². The summed E-state index contributed by atoms with van der Waals surface area (Å²) in [6.07, 6.45) is 13.9. The van der Waals surface area contributed by atoms with Crippen molar-refractivity contribution in [3.05, 3.63) is 46.6 Å². The predicted molar refractivity (Wildman–Crippen MR) is 103 cm³/mol. The molecule has 0 fully saturated rings. The maximum absolute atomic E-state index is 11.5. The Labute approximate surface area is 148 Å². The zero-order valence-electron chi connectivity index (χ0n) is 16.3. The summed E-state index contributed by atoms with van der Waals surface area (Å²) in [4.78, 5) is 11.5. The standard InChI is InChI=1S/C22H34O2/c1-16(2)21-14-13-18(4)10-7-9-17(3)11-8-12-19(5)22(15-21)24-20(6)23/h9,12-14,16,22H,7-8,10-11,15H2,1-6H3/b17-9+,18-13+,19-12+,21-14+/t22-/m1/s1. The predicted octanol–water partition coefficient (Wildman–Crippen LogP) is 6.30. The van der Waals surface area contributed by atoms with E-state index in [-0.39, 0.29) is 12.1 Å². The molecule has 1 atom stereocenters. The largest absolute Gasteiger partial charge is 0.458 e. The molecule has 0 unspecified atom stereocenters. The molecule has 1 aliphatic rings. The molecular formula is C22H34O2. The molecule has 0 N–H and O–H groups in total. The Kier molecular flexibility index (Phi) is 8.81. The quantitative estimate of drug-likeness (QED) is 0.438. The molecule has 1 rings (SSSR count). The molecule has 0 amide bonds. The molecule has 0 aromatic rings. The smallest absolute Gasteiger partial charge is 0.303 e. The first-order chi connectivity index (χ1) is 11.3. The van der Waals surface area contributed by atoms with Gasteiger partial charge in [-0.05, 0) is 57.9 Å². The molecule has 0 aromatic carbocycles. The van der Waals surface area contributed by atoms with Gasteiger partial charge < -0.3 is 4.74 Å². The van der Waals surface area contributed by atoms with Gasteiger partial charge in [-0.15, -0.1) is 0 Å². The first-order valence-electron chi connectivity index (χ1n) is 9.15. The van der Waals surface area contributed by atoms with E-state index in [4.69, 9.17) is 4.74 Å². The fourth-order valence-electron chi connectivity index (χ4n) is 2.85. The van der Waals surface area contributed by atoms with Crippen LogP contribution in [0.5, 0.6) is 0 Å². The zero-order valence-corrected chi connectivity index (χ0v) is 16.3. The van der Waals surface area contributed by atoms with E-state index < -0.39 is 0 Å². The Bertz CT molecular complexity index is 544. The summed E-state index contributed by atoms with van der Waals surface area (Å²) in [5, 5.41) is 0. The molecule has 0 radical (unpaired) electrons. The third kappa shape index (κ3) is 7.81. The maximum Gasteiger partial charge on any atom is 0.303 e. The normalized spacial score (nSPS) is 29.9. The van der Waals surface area contributed by atoms with E-state index in [1.807, 2.05) is 0 Å². The molecule has 0 aromatic heterocycles. The third-order valence-electron chi connectivity index (χ3n) is 4.60. The van der Waals surface area contributed by atoms with Crippen LogP contribution < -0.4 is 0 Å². The van der Waals surface area contributed by atoms with Crippen molar-refractivity contribution in [2.45, 2.75) is 79.8 Å². The second-order valence-corrected chi connectivity index (χ2v) is 7.29. The van der Waals surface area contributed by atoms with Crippen LogP contribution >= 0.6 is 0 Å². The highest BCUT2D eigenvalue weighted by Gasteiger charge is 2.18. The van der Waals surface area contributed by atoms with Crippen molar-refractivity contribution in [2.75, 3.05) is 0 Å². The van der Waals surface area contributed by atoms with Crippen molar-refractivity contribution in [2.24, 2.45) is 5.92 Å². The van der Waals surface area contributed by atoms with Crippen molar-refractivity contribution in [1.82, 2.24) is 0 Å². The molecule has 1 aliphatic carbocycles. The number of hydrogen-bond acceptors (Lipinski definition) is 2. The van der Waals surface area contributed by atoms with E-state index in [1.165, 1.54) is 23.6 Å². The maximum atomic E-state index is 11.5. The van der Waals surface area contributed by atoms with Gasteiger partial charge in [-0.1, -0.05) is 54.9 Å². The van der Waals surface area contributed by atoms with Crippen LogP contribution in [0.1, 0.15) is 73.6 Å². The molecule has 0 heterocycles. The Morgan fingerprint density at radius 2 is 1.67 bits per heavy atom. The summed E-state index contributed by atoms with van der Waals surface area (Å²) in [6.45, 7) is 12.4. The van der Waals surface area contributed by atoms with Crippen molar-refractivity contribution in [1.29, 1.82) is 0 Å². The van der Waals surface area contributed by atoms with E-state index in [9.17, 15) is 4.79 Å². The number of rotatable bonds is 2. The van der Waals surface area contributed by atoms with Crippen molar-refractivity contribution in [3.8, 4) is 0 Å². The molecule has 2 heteroatoms. The van der Waals surface area contributed by atoms with Gasteiger partial charge in [-0.3, -0.25) is 4.79 Å². The minimum Gasteiger partial charge on any atom is -0.458 e. The van der Waals surface area contributed by atoms with Gasteiger partial charge in [0.15, 0.2) is 0 Å². The summed E-state index contributed by atoms with van der Waals surface area (Å²) < 4.78 is 5.61. The Morgan fingerprint density at radius 3 is 2.29 bits per heavy atom. The minimum atomic E-state index is -0.209. The highest BCUT2D eigenvalue weighted by Crippen LogP contribution is 2.24. The van der Waals surface area contributed by atoms with Crippen LogP contribution in [0.25, 0.3) is 0 Å². The van der Waals surface area contributed by atoms with E-state index in [1.54, 1.807) is 0 Å². The lowest BCUT2D eigenvalue weighted by Gasteiger charge is -2.22. The van der Waals surface area contributed by atoms with E-state index in [2.05, 4.69) is 58.9 Å². The van der Waals surface area contributed by atoms with E-state index in [0.29, 0.717) is 5.92 Å². The lowest BCUT2D eigenvalue weighted by molar-refractivity contribution is -0.144. The molecule has 0 aliphatic heterocycles. The van der Waals surface area contributed by atoms with Gasteiger partial charge in [0.05, 0.1) is 0 Å². The minimum absolute atomic E-state index is 0.155. The second-order valence-electron chi connectivity index (χ2n) is 7.29. The SMILES string of the molecule is CC(=O)O[C@@H]1C/C(C(C)C)=C\C=C(/C)CC/C=C(\C)CC/C=C/1C. The summed E-state index contributed by atoms with van der Waals surface area (Å²) in [7, 11) is 0. The molecule has 134 valence electrons. The molecule has 2 nitrogen and oxygen atoms in total. The summed E-state index contributed by atoms with van der Waals surface area (Å²) in [5.41, 5.74) is 5.32. The first kappa shape index (κ1) is 20.5. The van der Waals surface area contributed by atoms with Crippen molar-refractivity contribution in [3.63, 3.8) is 0 Å². The molecule has 0 saturated heterocycles. The van der Waals surface area contributed by atoms with Gasteiger partial charge in [0.25, 0.3) is 0 Å². The monoisotopic (exact) mass is 330 g/mol. The second kappa shape index (κ2) is 10.3. The Hall–Kier alpha value is -1.57. The van der Waals surface area contributed by atoms with Crippen LogP contribution in [-0.4, -0.2) is 12.1 Å². The van der Waals surface area contributed by atoms with Gasteiger partial charge in [0.1, 0.15) is 6.10 Å². The third-order valence-corrected chi connectivity index (χ3v) is 4.60. The average molecular weight is 331 g/mol. The fraction of sp³-hybridized carbons (Fsp3) is 0.591. The highest BCUT2D eigenvalue weighted by atomic mass is 16.5. The molecule has 24 heavy (non-hydrogen) atoms. The highest BCUT2D eigenvalue weighted by molar-refractivity contribution is 5.66. The molecule has 0 bridgehead atoms. The van der Waals surface area contributed by atoms with Crippen LogP contribution in [0.3, 0.4) is 0 Å². The van der Waals surface area contributed by atoms with Gasteiger partial charge in [0, 0.05) is 13.3 Å². The average Bonchev–Trinajstić information content (AvgIpc) is 2.48. The van der Waals surface area contributed by atoms with Gasteiger partial charge in [-0.25, -0.2) is 0 Å². The fourth-order valence-corrected chi connectivity index (χ4v) is 2.85. The summed E-state index contributed by atoms with van der Waals surface area (Å²) in [6, 6.07) is 0. The molecular weight excluding hydrogens is 296 g/mol. The number of hydrogen-bond donors (Lipinski definition) is 0. The number of ether oxygens (including phenoxy) is 1. The Balaban J connectivity index is 3.14. The van der Waals surface area contributed by atoms with Gasteiger partial charge >= 0.3 is 5.97 Å². The van der Waals surface area contributed by atoms with Crippen LogP contribution in [0.15, 0.2) is 46.6 Å². The number of esters is 1. The lowest BCUT2D eigenvalue weighted by atomic mass is 9.92. The van der Waals surface area contributed by atoms with E-state index in [0.717, 1.165) is 37.7 Å². The van der Waals surface area contributed by atoms with Crippen molar-refractivity contribution < 1.29 is 9.53 Å². The Morgan fingerprint density at radius 1 is 1.04 bits per heavy atom. The molecule has 0 spiro atoms. The van der Waals surface area contributed by atoms with E-state index >= 15 is 0 Å². The summed E-state index contributed by atoms with van der Waals surface area (Å²) >= 11 is 0. The van der Waals surface area contributed by atoms with Crippen LogP contribution in [-0.2, 0) is 9.53 Å². The number of carbonyl (C=O) groups excluding carboxylic acids is 1. The van der Waals surface area contributed by atoms with Crippen molar-refractivity contribution >= 4 is 5.97 Å². The van der Waals surface area contributed by atoms with Crippen LogP contribution in [0.4, 0.5) is 0 Å². The topological polar surface area (TPSA) is 26.3 Å². The van der Waals surface area contributed by atoms with Crippen LogP contribution in [0.2, 0.25) is 0 Å². The number of carbonyl (C=O) groups is 1. The summed E-state index contributed by atoms with van der Waals surface area (Å²) in [5.74, 6) is 0.231. The van der Waals surface area contributed by atoms with Gasteiger partial charge in [-0.2, -0.15) is 0 Å². The van der Waals surface area contributed by atoms with Gasteiger partial charge in [0.2, 0.25) is 0 Å². The zero-order chi connectivity index (χ0) is 18.1.